The van der Waals surface area contributed by atoms with Crippen molar-refractivity contribution in [1.29, 1.82) is 0 Å². The minimum absolute atomic E-state index is 0.465. The molecule has 5 heteroatoms. The van der Waals surface area contributed by atoms with Crippen LogP contribution < -0.4 is 10.1 Å². The summed E-state index contributed by atoms with van der Waals surface area (Å²) in [6.45, 7) is 5.66. The van der Waals surface area contributed by atoms with Crippen LogP contribution in [0.1, 0.15) is 52.4 Å². The van der Waals surface area contributed by atoms with Crippen molar-refractivity contribution >= 4 is 17.5 Å². The summed E-state index contributed by atoms with van der Waals surface area (Å²) in [6, 6.07) is 0. The Bertz CT molecular complexity index is 361. The molecule has 19 heavy (non-hydrogen) atoms. The molecule has 1 heterocycles. The van der Waals surface area contributed by atoms with Gasteiger partial charge in [0.2, 0.25) is 11.8 Å². The molecular formula is C14H24ClN3O. The van der Waals surface area contributed by atoms with E-state index in [4.69, 9.17) is 16.3 Å². The molecule has 0 saturated heterocycles. The van der Waals surface area contributed by atoms with Gasteiger partial charge in [0.1, 0.15) is 5.02 Å². The SMILES string of the molecule is CCCCCCCCOc1nc(NCC)ncc1Cl. The molecule has 0 amide bonds. The lowest BCUT2D eigenvalue weighted by Gasteiger charge is -2.08. The maximum Gasteiger partial charge on any atom is 0.237 e. The highest BCUT2D eigenvalue weighted by Crippen LogP contribution is 2.22. The van der Waals surface area contributed by atoms with Crippen molar-refractivity contribution in [2.75, 3.05) is 18.5 Å². The lowest BCUT2D eigenvalue weighted by Crippen LogP contribution is -2.05. The van der Waals surface area contributed by atoms with E-state index in [-0.39, 0.29) is 0 Å². The highest BCUT2D eigenvalue weighted by atomic mass is 35.5. The largest absolute Gasteiger partial charge is 0.476 e. The minimum atomic E-state index is 0.465. The van der Waals surface area contributed by atoms with Crippen LogP contribution >= 0.6 is 11.6 Å². The van der Waals surface area contributed by atoms with Gasteiger partial charge >= 0.3 is 0 Å². The molecule has 0 spiro atoms. The zero-order valence-electron chi connectivity index (χ0n) is 11.9. The van der Waals surface area contributed by atoms with E-state index in [1.54, 1.807) is 6.20 Å². The molecule has 0 aromatic carbocycles. The fourth-order valence-corrected chi connectivity index (χ4v) is 1.89. The molecule has 0 atom stereocenters. The number of ether oxygens (including phenoxy) is 1. The van der Waals surface area contributed by atoms with Gasteiger partial charge in [-0.2, -0.15) is 4.98 Å². The summed E-state index contributed by atoms with van der Waals surface area (Å²) in [6.07, 6.45) is 9.00. The number of unbranched alkanes of at least 4 members (excludes halogenated alkanes) is 5. The molecule has 1 aromatic heterocycles. The number of nitrogens with one attached hydrogen (secondary N) is 1. The topological polar surface area (TPSA) is 47.0 Å². The van der Waals surface area contributed by atoms with Crippen LogP contribution in [0, 0.1) is 0 Å². The van der Waals surface area contributed by atoms with Crippen molar-refractivity contribution in [1.82, 2.24) is 9.97 Å². The Morgan fingerprint density at radius 3 is 2.63 bits per heavy atom. The standard InChI is InChI=1S/C14H24ClN3O/c1-3-5-6-7-8-9-10-19-13-12(15)11-17-14(18-13)16-4-2/h11H,3-10H2,1-2H3,(H,16,17,18). The summed E-state index contributed by atoms with van der Waals surface area (Å²) in [7, 11) is 0. The van der Waals surface area contributed by atoms with Gasteiger partial charge in [0, 0.05) is 6.54 Å². The Hall–Kier alpha value is -1.03. The number of anilines is 1. The van der Waals surface area contributed by atoms with Gasteiger partial charge in [0.05, 0.1) is 12.8 Å². The van der Waals surface area contributed by atoms with E-state index in [1.807, 2.05) is 6.92 Å². The first kappa shape index (κ1) is 16.0. The fraction of sp³-hybridized carbons (Fsp3) is 0.714. The Labute approximate surface area is 120 Å². The van der Waals surface area contributed by atoms with E-state index in [1.165, 1.54) is 32.1 Å². The molecule has 0 aliphatic carbocycles. The lowest BCUT2D eigenvalue weighted by molar-refractivity contribution is 0.293. The maximum absolute atomic E-state index is 6.00. The smallest absolute Gasteiger partial charge is 0.237 e. The van der Waals surface area contributed by atoms with Gasteiger partial charge in [-0.15, -0.1) is 0 Å². The fourth-order valence-electron chi connectivity index (χ4n) is 1.75. The molecule has 0 unspecified atom stereocenters. The van der Waals surface area contributed by atoms with Crippen LogP contribution in [-0.4, -0.2) is 23.1 Å². The minimum Gasteiger partial charge on any atom is -0.476 e. The van der Waals surface area contributed by atoms with Crippen LogP contribution in [0.2, 0.25) is 5.02 Å². The second kappa shape index (κ2) is 9.84. The summed E-state index contributed by atoms with van der Waals surface area (Å²) in [5.41, 5.74) is 0. The van der Waals surface area contributed by atoms with Crippen molar-refractivity contribution < 1.29 is 4.74 Å². The van der Waals surface area contributed by atoms with Crippen LogP contribution in [0.25, 0.3) is 0 Å². The first-order valence-corrected chi connectivity index (χ1v) is 7.55. The van der Waals surface area contributed by atoms with Crippen LogP contribution in [0.3, 0.4) is 0 Å². The summed E-state index contributed by atoms with van der Waals surface area (Å²) in [5.74, 6) is 1.03. The van der Waals surface area contributed by atoms with Gasteiger partial charge in [-0.25, -0.2) is 4.98 Å². The van der Waals surface area contributed by atoms with E-state index in [9.17, 15) is 0 Å². The van der Waals surface area contributed by atoms with Crippen LogP contribution in [0.4, 0.5) is 5.95 Å². The molecule has 0 aliphatic rings. The van der Waals surface area contributed by atoms with E-state index in [0.29, 0.717) is 23.5 Å². The normalized spacial score (nSPS) is 10.5. The van der Waals surface area contributed by atoms with Crippen molar-refractivity contribution in [3.63, 3.8) is 0 Å². The Morgan fingerprint density at radius 2 is 1.89 bits per heavy atom. The van der Waals surface area contributed by atoms with E-state index in [0.717, 1.165) is 13.0 Å². The second-order valence-electron chi connectivity index (χ2n) is 4.49. The molecule has 1 aromatic rings. The first-order valence-electron chi connectivity index (χ1n) is 7.17. The van der Waals surface area contributed by atoms with Gasteiger partial charge < -0.3 is 10.1 Å². The Kier molecular flexibility index (Phi) is 8.30. The molecule has 108 valence electrons. The van der Waals surface area contributed by atoms with Gasteiger partial charge in [-0.3, -0.25) is 0 Å². The van der Waals surface area contributed by atoms with Gasteiger partial charge in [0.25, 0.3) is 0 Å². The van der Waals surface area contributed by atoms with E-state index in [2.05, 4.69) is 22.2 Å². The van der Waals surface area contributed by atoms with Crippen LogP contribution in [0.5, 0.6) is 5.88 Å². The number of halogens is 1. The molecular weight excluding hydrogens is 262 g/mol. The predicted octanol–water partition coefficient (Wildman–Crippen LogP) is 4.30. The number of nitrogens with zero attached hydrogens (tertiary/aromatic N) is 2. The first-order chi connectivity index (χ1) is 9.27. The molecule has 0 saturated carbocycles. The lowest BCUT2D eigenvalue weighted by atomic mass is 10.1. The predicted molar refractivity (Wildman–Crippen MR) is 80.1 cm³/mol. The van der Waals surface area contributed by atoms with Gasteiger partial charge in [-0.1, -0.05) is 50.6 Å². The molecule has 0 aliphatic heterocycles. The van der Waals surface area contributed by atoms with Crippen molar-refractivity contribution in [3.05, 3.63) is 11.2 Å². The average molecular weight is 286 g/mol. The average Bonchev–Trinajstić information content (AvgIpc) is 2.41. The summed E-state index contributed by atoms with van der Waals surface area (Å²) in [4.78, 5) is 8.31. The van der Waals surface area contributed by atoms with Gasteiger partial charge in [-0.05, 0) is 13.3 Å². The summed E-state index contributed by atoms with van der Waals surface area (Å²) in [5, 5.41) is 3.50. The van der Waals surface area contributed by atoms with Crippen LogP contribution in [0.15, 0.2) is 6.20 Å². The number of hydrogen-bond acceptors (Lipinski definition) is 4. The maximum atomic E-state index is 6.00. The molecule has 1 rings (SSSR count). The molecule has 4 nitrogen and oxygen atoms in total. The molecule has 0 bridgehead atoms. The number of aromatic nitrogens is 2. The third-order valence-electron chi connectivity index (χ3n) is 2.78. The number of hydrogen-bond donors (Lipinski definition) is 1. The second-order valence-corrected chi connectivity index (χ2v) is 4.90. The monoisotopic (exact) mass is 285 g/mol. The molecule has 1 N–H and O–H groups in total. The third-order valence-corrected chi connectivity index (χ3v) is 3.04. The van der Waals surface area contributed by atoms with Crippen molar-refractivity contribution in [2.24, 2.45) is 0 Å². The number of rotatable bonds is 10. The zero-order valence-corrected chi connectivity index (χ0v) is 12.7. The third kappa shape index (κ3) is 6.62. The van der Waals surface area contributed by atoms with Crippen molar-refractivity contribution in [3.8, 4) is 5.88 Å². The highest BCUT2D eigenvalue weighted by Gasteiger charge is 2.05. The van der Waals surface area contributed by atoms with Gasteiger partial charge in [0.15, 0.2) is 0 Å². The Morgan fingerprint density at radius 1 is 1.16 bits per heavy atom. The summed E-state index contributed by atoms with van der Waals surface area (Å²) >= 11 is 6.00. The molecule has 0 fully saturated rings. The van der Waals surface area contributed by atoms with E-state index >= 15 is 0 Å². The van der Waals surface area contributed by atoms with Crippen molar-refractivity contribution in [2.45, 2.75) is 52.4 Å². The Balaban J connectivity index is 2.26. The highest BCUT2D eigenvalue weighted by molar-refractivity contribution is 6.31. The summed E-state index contributed by atoms with van der Waals surface area (Å²) < 4.78 is 5.61. The zero-order chi connectivity index (χ0) is 13.9. The quantitative estimate of drug-likeness (QED) is 0.651. The van der Waals surface area contributed by atoms with Crippen LogP contribution in [-0.2, 0) is 0 Å². The van der Waals surface area contributed by atoms with E-state index < -0.39 is 0 Å². The molecule has 0 radical (unpaired) electrons.